The summed E-state index contributed by atoms with van der Waals surface area (Å²) >= 11 is 4.80. The van der Waals surface area contributed by atoms with E-state index in [0.717, 1.165) is 32.6 Å². The lowest BCUT2D eigenvalue weighted by molar-refractivity contribution is -0.124. The minimum absolute atomic E-state index is 0.0982. The maximum absolute atomic E-state index is 12.3. The predicted molar refractivity (Wildman–Crippen MR) is 116 cm³/mol. The molecule has 2 N–H and O–H groups in total. The molecular formula is C20H19N3O2S3. The van der Waals surface area contributed by atoms with E-state index in [1.54, 1.807) is 22.7 Å². The highest BCUT2D eigenvalue weighted by atomic mass is 32.2. The Balaban J connectivity index is 1.26. The van der Waals surface area contributed by atoms with E-state index in [9.17, 15) is 9.59 Å². The molecule has 3 heterocycles. The van der Waals surface area contributed by atoms with Crippen LogP contribution in [0.3, 0.4) is 0 Å². The van der Waals surface area contributed by atoms with E-state index < -0.39 is 5.25 Å². The molecule has 2 aromatic heterocycles. The summed E-state index contributed by atoms with van der Waals surface area (Å²) in [6.07, 6.45) is 0.949. The summed E-state index contributed by atoms with van der Waals surface area (Å²) in [7, 11) is 0. The third-order valence-electron chi connectivity index (χ3n) is 4.30. The minimum atomic E-state index is -0.392. The van der Waals surface area contributed by atoms with Gasteiger partial charge in [-0.25, -0.2) is 4.98 Å². The monoisotopic (exact) mass is 429 g/mol. The highest BCUT2D eigenvalue weighted by molar-refractivity contribution is 8.01. The fourth-order valence-electron chi connectivity index (χ4n) is 2.92. The number of rotatable bonds is 6. The molecule has 0 saturated carbocycles. The molecule has 1 aliphatic rings. The fraction of sp³-hybridized carbons (Fsp3) is 0.250. The number of aromatic nitrogens is 1. The molecule has 0 radical (unpaired) electrons. The molecule has 3 aromatic rings. The Hall–Kier alpha value is -2.16. The number of hydrogen-bond acceptors (Lipinski definition) is 6. The molecular weight excluding hydrogens is 410 g/mol. The van der Waals surface area contributed by atoms with Crippen molar-refractivity contribution in [2.75, 3.05) is 11.9 Å². The normalized spacial score (nSPS) is 15.8. The molecule has 1 aliphatic heterocycles. The summed E-state index contributed by atoms with van der Waals surface area (Å²) in [4.78, 5) is 32.4. The minimum Gasteiger partial charge on any atom is -0.356 e. The van der Waals surface area contributed by atoms with Crippen LogP contribution in [-0.4, -0.2) is 28.6 Å². The van der Waals surface area contributed by atoms with Crippen molar-refractivity contribution in [2.24, 2.45) is 0 Å². The average molecular weight is 430 g/mol. The van der Waals surface area contributed by atoms with Gasteiger partial charge in [0.15, 0.2) is 0 Å². The lowest BCUT2D eigenvalue weighted by atomic mass is 10.2. The smallest absolute Gasteiger partial charge is 0.238 e. The number of carbonyl (C=O) groups is 2. The molecule has 4 rings (SSSR count). The van der Waals surface area contributed by atoms with Gasteiger partial charge < -0.3 is 10.6 Å². The summed E-state index contributed by atoms with van der Waals surface area (Å²) in [5, 5.41) is 8.55. The number of aryl methyl sites for hydroxylation is 1. The first-order valence-electron chi connectivity index (χ1n) is 8.93. The van der Waals surface area contributed by atoms with Crippen LogP contribution in [0.2, 0.25) is 0 Å². The molecule has 0 bridgehead atoms. The quantitative estimate of drug-likeness (QED) is 0.611. The fourth-order valence-corrected chi connectivity index (χ4v) is 5.69. The highest BCUT2D eigenvalue weighted by Crippen LogP contribution is 2.36. The van der Waals surface area contributed by atoms with Crippen LogP contribution < -0.4 is 10.6 Å². The SMILES string of the molecule is Cc1nc(-c2ccc(CCNC(=O)CC3Sc4ccccc4NC3=O)s2)cs1. The molecule has 0 spiro atoms. The van der Waals surface area contributed by atoms with Crippen molar-refractivity contribution in [2.45, 2.75) is 29.9 Å². The highest BCUT2D eigenvalue weighted by Gasteiger charge is 2.28. The average Bonchev–Trinajstić information content (AvgIpc) is 3.31. The molecule has 144 valence electrons. The van der Waals surface area contributed by atoms with Crippen LogP contribution in [0.15, 0.2) is 46.7 Å². The predicted octanol–water partition coefficient (Wildman–Crippen LogP) is 4.34. The summed E-state index contributed by atoms with van der Waals surface area (Å²) < 4.78 is 0. The zero-order valence-corrected chi connectivity index (χ0v) is 17.7. The second kappa shape index (κ2) is 8.46. The van der Waals surface area contributed by atoms with E-state index in [2.05, 4.69) is 33.1 Å². The van der Waals surface area contributed by atoms with E-state index in [-0.39, 0.29) is 18.2 Å². The number of hydrogen-bond donors (Lipinski definition) is 2. The number of anilines is 1. The van der Waals surface area contributed by atoms with Gasteiger partial charge in [0, 0.05) is 28.1 Å². The summed E-state index contributed by atoms with van der Waals surface area (Å²) in [5.41, 5.74) is 1.83. The largest absolute Gasteiger partial charge is 0.356 e. The Morgan fingerprint density at radius 3 is 2.93 bits per heavy atom. The number of para-hydroxylation sites is 1. The summed E-state index contributed by atoms with van der Waals surface area (Å²) in [6, 6.07) is 11.8. The third kappa shape index (κ3) is 4.45. The first-order valence-corrected chi connectivity index (χ1v) is 11.5. The molecule has 0 saturated heterocycles. The number of nitrogens with zero attached hydrogens (tertiary/aromatic N) is 1. The van der Waals surface area contributed by atoms with E-state index in [4.69, 9.17) is 0 Å². The second-order valence-electron chi connectivity index (χ2n) is 6.41. The number of nitrogens with one attached hydrogen (secondary N) is 2. The van der Waals surface area contributed by atoms with Crippen molar-refractivity contribution >= 4 is 51.9 Å². The number of thioether (sulfide) groups is 1. The zero-order chi connectivity index (χ0) is 19.5. The van der Waals surface area contributed by atoms with Crippen molar-refractivity contribution in [3.05, 3.63) is 51.7 Å². The van der Waals surface area contributed by atoms with Crippen molar-refractivity contribution in [3.63, 3.8) is 0 Å². The molecule has 1 atom stereocenters. The molecule has 1 aromatic carbocycles. The Labute approximate surface area is 175 Å². The Bertz CT molecular complexity index is 1010. The zero-order valence-electron chi connectivity index (χ0n) is 15.2. The van der Waals surface area contributed by atoms with Gasteiger partial charge in [-0.05, 0) is 37.6 Å². The van der Waals surface area contributed by atoms with Gasteiger partial charge in [0.1, 0.15) is 0 Å². The second-order valence-corrected chi connectivity index (χ2v) is 9.89. The maximum Gasteiger partial charge on any atom is 0.238 e. The Kier molecular flexibility index (Phi) is 5.79. The Morgan fingerprint density at radius 1 is 1.25 bits per heavy atom. The van der Waals surface area contributed by atoms with E-state index in [0.29, 0.717) is 6.54 Å². The van der Waals surface area contributed by atoms with Gasteiger partial charge in [-0.15, -0.1) is 34.4 Å². The molecule has 0 fully saturated rings. The van der Waals surface area contributed by atoms with Gasteiger partial charge in [-0.3, -0.25) is 9.59 Å². The van der Waals surface area contributed by atoms with E-state index in [1.807, 2.05) is 31.2 Å². The third-order valence-corrected chi connectivity index (χ3v) is 7.52. The van der Waals surface area contributed by atoms with Gasteiger partial charge in [0.2, 0.25) is 11.8 Å². The number of benzene rings is 1. The maximum atomic E-state index is 12.3. The van der Waals surface area contributed by atoms with Crippen molar-refractivity contribution < 1.29 is 9.59 Å². The Morgan fingerprint density at radius 2 is 2.11 bits per heavy atom. The first-order chi connectivity index (χ1) is 13.6. The topological polar surface area (TPSA) is 71.1 Å². The van der Waals surface area contributed by atoms with Gasteiger partial charge in [0.25, 0.3) is 0 Å². The van der Waals surface area contributed by atoms with Crippen LogP contribution in [0, 0.1) is 6.92 Å². The van der Waals surface area contributed by atoms with Gasteiger partial charge in [0.05, 0.1) is 26.5 Å². The molecule has 5 nitrogen and oxygen atoms in total. The molecule has 1 unspecified atom stereocenters. The van der Waals surface area contributed by atoms with Gasteiger partial charge >= 0.3 is 0 Å². The molecule has 8 heteroatoms. The lowest BCUT2D eigenvalue weighted by Gasteiger charge is -2.23. The number of thiophene rings is 1. The van der Waals surface area contributed by atoms with Crippen LogP contribution in [0.4, 0.5) is 5.69 Å². The number of carbonyl (C=O) groups excluding carboxylic acids is 2. The van der Waals surface area contributed by atoms with Crippen LogP contribution in [-0.2, 0) is 16.0 Å². The van der Waals surface area contributed by atoms with Crippen molar-refractivity contribution in [1.29, 1.82) is 0 Å². The van der Waals surface area contributed by atoms with Crippen molar-refractivity contribution in [1.82, 2.24) is 10.3 Å². The van der Waals surface area contributed by atoms with Crippen LogP contribution in [0.25, 0.3) is 10.6 Å². The van der Waals surface area contributed by atoms with Gasteiger partial charge in [-0.1, -0.05) is 12.1 Å². The van der Waals surface area contributed by atoms with Gasteiger partial charge in [-0.2, -0.15) is 0 Å². The number of amides is 2. The van der Waals surface area contributed by atoms with Crippen LogP contribution in [0.5, 0.6) is 0 Å². The summed E-state index contributed by atoms with van der Waals surface area (Å²) in [5.74, 6) is -0.209. The van der Waals surface area contributed by atoms with E-state index >= 15 is 0 Å². The molecule has 2 amide bonds. The number of thiazole rings is 1. The molecule has 0 aliphatic carbocycles. The number of fused-ring (bicyclic) bond motifs is 1. The lowest BCUT2D eigenvalue weighted by Crippen LogP contribution is -2.35. The summed E-state index contributed by atoms with van der Waals surface area (Å²) in [6.45, 7) is 2.56. The standard InChI is InChI=1S/C20H19N3O2S3/c1-12-22-15(11-26-12)17-7-6-13(27-17)8-9-21-19(24)10-18-20(25)23-14-4-2-3-5-16(14)28-18/h2-7,11,18H,8-10H2,1H3,(H,21,24)(H,23,25). The molecule has 28 heavy (non-hydrogen) atoms. The first kappa shape index (κ1) is 19.2. The van der Waals surface area contributed by atoms with E-state index in [1.165, 1.54) is 16.6 Å². The van der Waals surface area contributed by atoms with Crippen LogP contribution >= 0.6 is 34.4 Å². The van der Waals surface area contributed by atoms with Crippen LogP contribution in [0.1, 0.15) is 16.3 Å². The van der Waals surface area contributed by atoms with Crippen molar-refractivity contribution in [3.8, 4) is 10.6 Å².